The number of hydrogen-bond donors (Lipinski definition) is 3. The molecule has 204 valence electrons. The summed E-state index contributed by atoms with van der Waals surface area (Å²) in [5.74, 6) is -0.724. The molecule has 0 saturated carbocycles. The number of hydroxylamine groups is 1. The van der Waals surface area contributed by atoms with E-state index in [-0.39, 0.29) is 22.0 Å². The van der Waals surface area contributed by atoms with Crippen LogP contribution in [0.25, 0.3) is 21.9 Å². The summed E-state index contributed by atoms with van der Waals surface area (Å²) in [6.07, 6.45) is 0. The third-order valence-electron chi connectivity index (χ3n) is 6.57. The van der Waals surface area contributed by atoms with Gasteiger partial charge in [0.2, 0.25) is 10.0 Å². The van der Waals surface area contributed by atoms with Gasteiger partial charge in [0.15, 0.2) is 0 Å². The Bertz CT molecular complexity index is 1740. The zero-order chi connectivity index (χ0) is 28.1. The Morgan fingerprint density at radius 1 is 1.05 bits per heavy atom. The molecule has 0 aliphatic carbocycles. The Kier molecular flexibility index (Phi) is 7.34. The number of sulfonamides is 1. The van der Waals surface area contributed by atoms with Crippen molar-refractivity contribution in [3.8, 4) is 0 Å². The number of thioether (sulfide) groups is 1. The first-order chi connectivity index (χ1) is 18.4. The molecule has 1 atom stereocenters. The zero-order valence-corrected chi connectivity index (χ0v) is 23.8. The van der Waals surface area contributed by atoms with E-state index in [9.17, 15) is 23.2 Å². The van der Waals surface area contributed by atoms with Crippen LogP contribution in [0.15, 0.2) is 63.9 Å². The molecule has 3 aromatic carbocycles. The van der Waals surface area contributed by atoms with Crippen LogP contribution in [0.2, 0.25) is 10.0 Å². The SMILES string of the molecule is CC1(C)SCCN(S(=O)(=O)c2ccc3oc4cc(NC(=O)c5ccc(Cl)cc5Cl)ccc4c3c2)C1C(=O)NO. The molecule has 1 aliphatic rings. The molecule has 2 heterocycles. The first kappa shape index (κ1) is 27.8. The Hall–Kier alpha value is -2.80. The Balaban J connectivity index is 1.49. The maximum atomic E-state index is 13.7. The number of halogens is 2. The number of rotatable bonds is 5. The van der Waals surface area contributed by atoms with Crippen LogP contribution >= 0.6 is 35.0 Å². The van der Waals surface area contributed by atoms with Gasteiger partial charge in [-0.3, -0.25) is 14.8 Å². The van der Waals surface area contributed by atoms with Crippen molar-refractivity contribution in [1.29, 1.82) is 0 Å². The van der Waals surface area contributed by atoms with E-state index in [1.807, 2.05) is 0 Å². The lowest BCUT2D eigenvalue weighted by molar-refractivity contribution is -0.134. The van der Waals surface area contributed by atoms with Gasteiger partial charge in [-0.25, -0.2) is 13.9 Å². The fourth-order valence-corrected chi connectivity index (χ4v) is 8.35. The number of nitrogens with one attached hydrogen (secondary N) is 2. The lowest BCUT2D eigenvalue weighted by Crippen LogP contribution is -2.61. The highest BCUT2D eigenvalue weighted by atomic mass is 35.5. The smallest absolute Gasteiger partial charge is 0.263 e. The second-order valence-corrected chi connectivity index (χ2v) is 14.0. The van der Waals surface area contributed by atoms with Crippen LogP contribution in [-0.2, 0) is 14.8 Å². The van der Waals surface area contributed by atoms with Crippen molar-refractivity contribution in [1.82, 2.24) is 9.79 Å². The minimum Gasteiger partial charge on any atom is -0.456 e. The van der Waals surface area contributed by atoms with Crippen LogP contribution in [0.4, 0.5) is 5.69 Å². The number of fused-ring (bicyclic) bond motifs is 3. The van der Waals surface area contributed by atoms with E-state index in [0.717, 1.165) is 4.31 Å². The van der Waals surface area contributed by atoms with Crippen molar-refractivity contribution in [2.75, 3.05) is 17.6 Å². The molecule has 13 heteroatoms. The maximum absolute atomic E-state index is 13.7. The molecule has 1 fully saturated rings. The molecular formula is C26H23Cl2N3O6S2. The van der Waals surface area contributed by atoms with Gasteiger partial charge in [-0.05, 0) is 62.4 Å². The van der Waals surface area contributed by atoms with Crippen LogP contribution in [0.3, 0.4) is 0 Å². The summed E-state index contributed by atoms with van der Waals surface area (Å²) in [6, 6.07) is 13.0. The number of amides is 2. The highest BCUT2D eigenvalue weighted by Gasteiger charge is 2.48. The molecule has 1 aromatic heterocycles. The number of anilines is 1. The molecule has 9 nitrogen and oxygen atoms in total. The monoisotopic (exact) mass is 607 g/mol. The standard InChI is InChI=1S/C26H23Cl2N3O6S2/c1-26(2)23(25(33)30-34)31(9-10-38-26)39(35,36)16-5-8-21-19(13-16)17-7-4-15(12-22(17)37-21)29-24(32)18-6-3-14(27)11-20(18)28/h3-8,11-13,23,34H,9-10H2,1-2H3,(H,29,32)(H,30,33). The minimum absolute atomic E-state index is 0.00843. The molecule has 1 saturated heterocycles. The number of carbonyl (C=O) groups excluding carboxylic acids is 2. The molecule has 4 aromatic rings. The molecule has 2 amide bonds. The maximum Gasteiger partial charge on any atom is 0.263 e. The normalized spacial score (nSPS) is 17.8. The summed E-state index contributed by atoms with van der Waals surface area (Å²) in [6.45, 7) is 3.64. The second-order valence-electron chi connectivity index (χ2n) is 9.50. The van der Waals surface area contributed by atoms with Crippen LogP contribution < -0.4 is 10.8 Å². The highest BCUT2D eigenvalue weighted by Crippen LogP contribution is 2.39. The van der Waals surface area contributed by atoms with Crippen LogP contribution in [0.5, 0.6) is 0 Å². The van der Waals surface area contributed by atoms with Crippen LogP contribution in [-0.4, -0.2) is 52.8 Å². The van der Waals surface area contributed by atoms with Crippen molar-refractivity contribution in [3.63, 3.8) is 0 Å². The number of benzene rings is 3. The first-order valence-electron chi connectivity index (χ1n) is 11.7. The van der Waals surface area contributed by atoms with Crippen LogP contribution in [0, 0.1) is 0 Å². The summed E-state index contributed by atoms with van der Waals surface area (Å²) in [7, 11) is -4.11. The molecule has 3 N–H and O–H groups in total. The van der Waals surface area contributed by atoms with Gasteiger partial charge in [0, 0.05) is 44.6 Å². The van der Waals surface area contributed by atoms with E-state index >= 15 is 0 Å². The van der Waals surface area contributed by atoms with Crippen molar-refractivity contribution in [2.24, 2.45) is 0 Å². The first-order valence-corrected chi connectivity index (χ1v) is 14.9. The van der Waals surface area contributed by atoms with E-state index in [1.165, 1.54) is 36.0 Å². The van der Waals surface area contributed by atoms with E-state index in [1.54, 1.807) is 49.7 Å². The van der Waals surface area contributed by atoms with Crippen LogP contribution in [0.1, 0.15) is 24.2 Å². The molecule has 5 rings (SSSR count). The van der Waals surface area contributed by atoms with E-state index in [0.29, 0.717) is 38.4 Å². The van der Waals surface area contributed by atoms with E-state index in [4.69, 9.17) is 27.6 Å². The van der Waals surface area contributed by atoms with E-state index < -0.39 is 32.6 Å². The van der Waals surface area contributed by atoms with E-state index in [2.05, 4.69) is 5.32 Å². The number of carbonyl (C=O) groups is 2. The molecule has 0 spiro atoms. The molecule has 1 unspecified atom stereocenters. The number of nitrogens with zero attached hydrogens (tertiary/aromatic N) is 1. The summed E-state index contributed by atoms with van der Waals surface area (Å²) in [4.78, 5) is 25.2. The summed E-state index contributed by atoms with van der Waals surface area (Å²) in [5.41, 5.74) is 3.21. The highest BCUT2D eigenvalue weighted by molar-refractivity contribution is 8.01. The van der Waals surface area contributed by atoms with Crippen molar-refractivity contribution < 1.29 is 27.6 Å². The predicted octanol–water partition coefficient (Wildman–Crippen LogP) is 5.54. The number of furan rings is 1. The Labute approximate surface area is 238 Å². The van der Waals surface area contributed by atoms with Gasteiger partial charge in [0.1, 0.15) is 17.2 Å². The van der Waals surface area contributed by atoms with Gasteiger partial charge >= 0.3 is 0 Å². The quantitative estimate of drug-likeness (QED) is 0.201. The molecule has 0 bridgehead atoms. The second kappa shape index (κ2) is 10.3. The summed E-state index contributed by atoms with van der Waals surface area (Å²) in [5, 5.41) is 13.9. The van der Waals surface area contributed by atoms with Gasteiger partial charge in [-0.2, -0.15) is 16.1 Å². The number of hydrogen-bond acceptors (Lipinski definition) is 7. The van der Waals surface area contributed by atoms with Crippen molar-refractivity contribution in [3.05, 3.63) is 70.2 Å². The van der Waals surface area contributed by atoms with Gasteiger partial charge in [0.05, 0.1) is 15.5 Å². The fourth-order valence-electron chi connectivity index (χ4n) is 4.72. The average molecular weight is 609 g/mol. The lowest BCUT2D eigenvalue weighted by Gasteiger charge is -2.43. The minimum atomic E-state index is -4.11. The third-order valence-corrected chi connectivity index (χ3v) is 10.3. The average Bonchev–Trinajstić information content (AvgIpc) is 3.24. The summed E-state index contributed by atoms with van der Waals surface area (Å²) >= 11 is 13.5. The van der Waals surface area contributed by atoms with Gasteiger partial charge in [0.25, 0.3) is 11.8 Å². The van der Waals surface area contributed by atoms with Crippen molar-refractivity contribution in [2.45, 2.75) is 29.5 Å². The summed E-state index contributed by atoms with van der Waals surface area (Å²) < 4.78 is 33.8. The molecule has 0 radical (unpaired) electrons. The molecule has 1 aliphatic heterocycles. The lowest BCUT2D eigenvalue weighted by atomic mass is 10.0. The fraction of sp³-hybridized carbons (Fsp3) is 0.231. The molecular weight excluding hydrogens is 585 g/mol. The van der Waals surface area contributed by atoms with Gasteiger partial charge < -0.3 is 9.73 Å². The Morgan fingerprint density at radius 3 is 2.54 bits per heavy atom. The van der Waals surface area contributed by atoms with Crippen molar-refractivity contribution >= 4 is 84.4 Å². The largest absolute Gasteiger partial charge is 0.456 e. The third kappa shape index (κ3) is 5.10. The van der Waals surface area contributed by atoms with Gasteiger partial charge in [-0.15, -0.1) is 0 Å². The predicted molar refractivity (Wildman–Crippen MR) is 152 cm³/mol. The van der Waals surface area contributed by atoms with Gasteiger partial charge in [-0.1, -0.05) is 23.2 Å². The zero-order valence-electron chi connectivity index (χ0n) is 20.7. The topological polar surface area (TPSA) is 129 Å². The molecule has 39 heavy (non-hydrogen) atoms. The Morgan fingerprint density at radius 2 is 1.82 bits per heavy atom.